The van der Waals surface area contributed by atoms with Crippen molar-refractivity contribution >= 4 is 28.8 Å². The number of hydrogen-bond donors (Lipinski definition) is 1. The number of anilines is 2. The van der Waals surface area contributed by atoms with Crippen LogP contribution in [0.2, 0.25) is 0 Å². The number of ether oxygens (including phenoxy) is 1. The molecule has 1 heterocycles. The number of carbonyl (C=O) groups excluding carboxylic acids is 2. The van der Waals surface area contributed by atoms with E-state index in [-0.39, 0.29) is 23.1 Å². The normalized spacial score (nSPS) is 14.2. The molecule has 2 amide bonds. The molecule has 3 aromatic rings. The maximum absolute atomic E-state index is 13.7. The molecule has 174 valence electrons. The quantitative estimate of drug-likeness (QED) is 0.453. The summed E-state index contributed by atoms with van der Waals surface area (Å²) in [7, 11) is 0. The van der Waals surface area contributed by atoms with Gasteiger partial charge in [0.15, 0.2) is 0 Å². The second-order valence-electron chi connectivity index (χ2n) is 9.65. The van der Waals surface area contributed by atoms with Crippen molar-refractivity contribution in [3.8, 4) is 5.75 Å². The topological polar surface area (TPSA) is 58.6 Å². The second kappa shape index (κ2) is 9.18. The van der Waals surface area contributed by atoms with E-state index >= 15 is 0 Å². The SMILES string of the molecule is CC(C)Oc1ccccc1N1C(=O)C(Nc2ccc(C(C)(C)C)cc2)=C(c2ccccc2)C1=O. The highest BCUT2D eigenvalue weighted by molar-refractivity contribution is 6.46. The fourth-order valence-electron chi connectivity index (χ4n) is 3.93. The first-order valence-corrected chi connectivity index (χ1v) is 11.5. The van der Waals surface area contributed by atoms with Crippen molar-refractivity contribution in [2.45, 2.75) is 46.1 Å². The Kier molecular flexibility index (Phi) is 6.29. The van der Waals surface area contributed by atoms with Gasteiger partial charge in [0.1, 0.15) is 11.4 Å². The Balaban J connectivity index is 1.77. The number of para-hydroxylation sites is 2. The number of hydrogen-bond acceptors (Lipinski definition) is 4. The molecule has 0 bridgehead atoms. The van der Waals surface area contributed by atoms with Crippen molar-refractivity contribution in [3.63, 3.8) is 0 Å². The summed E-state index contributed by atoms with van der Waals surface area (Å²) in [4.78, 5) is 28.6. The minimum atomic E-state index is -0.413. The summed E-state index contributed by atoms with van der Waals surface area (Å²) in [5, 5.41) is 3.24. The predicted octanol–water partition coefficient (Wildman–Crippen LogP) is 6.17. The number of imide groups is 1. The van der Waals surface area contributed by atoms with E-state index in [0.29, 0.717) is 22.6 Å². The molecular weight excluding hydrogens is 424 g/mol. The largest absolute Gasteiger partial charge is 0.489 e. The molecule has 0 unspecified atom stereocenters. The summed E-state index contributed by atoms with van der Waals surface area (Å²) in [6, 6.07) is 24.3. The first kappa shape index (κ1) is 23.3. The van der Waals surface area contributed by atoms with Crippen LogP contribution in [0.1, 0.15) is 45.7 Å². The molecule has 3 aromatic carbocycles. The number of nitrogens with one attached hydrogen (secondary N) is 1. The summed E-state index contributed by atoms with van der Waals surface area (Å²) >= 11 is 0. The molecule has 0 fully saturated rings. The fourth-order valence-corrected chi connectivity index (χ4v) is 3.93. The molecule has 0 aliphatic carbocycles. The standard InChI is InChI=1S/C29H30N2O3/c1-19(2)34-24-14-10-9-13-23(24)31-27(32)25(20-11-7-6-8-12-20)26(28(31)33)30-22-17-15-21(16-18-22)29(3,4)5/h6-19,30H,1-5H3. The minimum absolute atomic E-state index is 0.0169. The Morgan fingerprint density at radius 3 is 2.03 bits per heavy atom. The molecule has 0 saturated carbocycles. The Morgan fingerprint density at radius 1 is 0.794 bits per heavy atom. The van der Waals surface area contributed by atoms with Crippen molar-refractivity contribution < 1.29 is 14.3 Å². The highest BCUT2D eigenvalue weighted by Gasteiger charge is 2.41. The number of amides is 2. The zero-order chi connectivity index (χ0) is 24.5. The molecular formula is C29H30N2O3. The van der Waals surface area contributed by atoms with Crippen molar-refractivity contribution in [2.75, 3.05) is 10.2 Å². The summed E-state index contributed by atoms with van der Waals surface area (Å²) in [5.74, 6) is -0.309. The lowest BCUT2D eigenvalue weighted by atomic mass is 9.87. The van der Waals surface area contributed by atoms with Crippen LogP contribution < -0.4 is 15.0 Å². The van der Waals surface area contributed by atoms with Gasteiger partial charge in [0, 0.05) is 5.69 Å². The van der Waals surface area contributed by atoms with Gasteiger partial charge in [-0.25, -0.2) is 4.90 Å². The number of carbonyl (C=O) groups is 2. The summed E-state index contributed by atoms with van der Waals surface area (Å²) in [6.07, 6.45) is -0.102. The highest BCUT2D eigenvalue weighted by atomic mass is 16.5. The Bertz CT molecular complexity index is 1240. The van der Waals surface area contributed by atoms with Gasteiger partial charge in [-0.1, -0.05) is 75.4 Å². The Morgan fingerprint density at radius 2 is 1.41 bits per heavy atom. The smallest absolute Gasteiger partial charge is 0.282 e. The molecule has 0 atom stereocenters. The van der Waals surface area contributed by atoms with Crippen LogP contribution in [-0.2, 0) is 15.0 Å². The maximum atomic E-state index is 13.7. The van der Waals surface area contributed by atoms with Gasteiger partial charge in [-0.15, -0.1) is 0 Å². The van der Waals surface area contributed by atoms with Crippen LogP contribution in [0.15, 0.2) is 84.6 Å². The third-order valence-corrected chi connectivity index (χ3v) is 5.64. The monoisotopic (exact) mass is 454 g/mol. The Hall–Kier alpha value is -3.86. The third kappa shape index (κ3) is 4.60. The van der Waals surface area contributed by atoms with Gasteiger partial charge in [0.2, 0.25) is 0 Å². The predicted molar refractivity (Wildman–Crippen MR) is 137 cm³/mol. The maximum Gasteiger partial charge on any atom is 0.282 e. The van der Waals surface area contributed by atoms with E-state index in [1.165, 1.54) is 10.5 Å². The van der Waals surface area contributed by atoms with Gasteiger partial charge >= 0.3 is 0 Å². The molecule has 0 saturated heterocycles. The van der Waals surface area contributed by atoms with Crippen molar-refractivity contribution in [1.82, 2.24) is 0 Å². The highest BCUT2D eigenvalue weighted by Crippen LogP contribution is 2.38. The fraction of sp³-hybridized carbons (Fsp3) is 0.241. The molecule has 0 spiro atoms. The zero-order valence-corrected chi connectivity index (χ0v) is 20.3. The zero-order valence-electron chi connectivity index (χ0n) is 20.3. The molecule has 0 radical (unpaired) electrons. The van der Waals surface area contributed by atoms with Gasteiger partial charge in [-0.2, -0.15) is 0 Å². The van der Waals surface area contributed by atoms with E-state index in [9.17, 15) is 9.59 Å². The first-order chi connectivity index (χ1) is 16.2. The van der Waals surface area contributed by atoms with E-state index in [4.69, 9.17) is 4.74 Å². The van der Waals surface area contributed by atoms with Crippen molar-refractivity contribution in [1.29, 1.82) is 0 Å². The summed E-state index contributed by atoms with van der Waals surface area (Å²) < 4.78 is 5.91. The average molecular weight is 455 g/mol. The molecule has 0 aromatic heterocycles. The van der Waals surface area contributed by atoms with Crippen LogP contribution in [0.4, 0.5) is 11.4 Å². The molecule has 5 nitrogen and oxygen atoms in total. The Labute approximate surface area is 201 Å². The summed E-state index contributed by atoms with van der Waals surface area (Å²) in [5.41, 5.74) is 3.64. The van der Waals surface area contributed by atoms with Crippen LogP contribution in [0, 0.1) is 0 Å². The van der Waals surface area contributed by atoms with Crippen LogP contribution in [0.3, 0.4) is 0 Å². The lowest BCUT2D eigenvalue weighted by molar-refractivity contribution is -0.120. The van der Waals surface area contributed by atoms with Crippen LogP contribution >= 0.6 is 0 Å². The number of rotatable bonds is 6. The van der Waals surface area contributed by atoms with Crippen LogP contribution in [-0.4, -0.2) is 17.9 Å². The van der Waals surface area contributed by atoms with Crippen molar-refractivity contribution in [2.24, 2.45) is 0 Å². The lowest BCUT2D eigenvalue weighted by Crippen LogP contribution is -2.33. The molecule has 1 aliphatic heterocycles. The molecule has 1 aliphatic rings. The molecule has 4 rings (SSSR count). The van der Waals surface area contributed by atoms with E-state index < -0.39 is 5.91 Å². The van der Waals surface area contributed by atoms with E-state index in [0.717, 1.165) is 5.69 Å². The summed E-state index contributed by atoms with van der Waals surface area (Å²) in [6.45, 7) is 10.3. The van der Waals surface area contributed by atoms with E-state index in [2.05, 4.69) is 26.1 Å². The average Bonchev–Trinajstić information content (AvgIpc) is 3.03. The molecule has 1 N–H and O–H groups in total. The minimum Gasteiger partial charge on any atom is -0.489 e. The van der Waals surface area contributed by atoms with E-state index in [1.807, 2.05) is 74.5 Å². The first-order valence-electron chi connectivity index (χ1n) is 11.5. The van der Waals surface area contributed by atoms with Crippen LogP contribution in [0.25, 0.3) is 5.57 Å². The van der Waals surface area contributed by atoms with Gasteiger partial charge in [0.05, 0.1) is 17.4 Å². The lowest BCUT2D eigenvalue weighted by Gasteiger charge is -2.21. The van der Waals surface area contributed by atoms with Gasteiger partial charge < -0.3 is 10.1 Å². The third-order valence-electron chi connectivity index (χ3n) is 5.64. The van der Waals surface area contributed by atoms with Gasteiger partial charge in [-0.3, -0.25) is 9.59 Å². The van der Waals surface area contributed by atoms with Gasteiger partial charge in [-0.05, 0) is 54.7 Å². The number of benzene rings is 3. The van der Waals surface area contributed by atoms with Crippen molar-refractivity contribution in [3.05, 3.63) is 95.7 Å². The van der Waals surface area contributed by atoms with E-state index in [1.54, 1.807) is 18.2 Å². The second-order valence-corrected chi connectivity index (χ2v) is 9.65. The van der Waals surface area contributed by atoms with Crippen LogP contribution in [0.5, 0.6) is 5.75 Å². The molecule has 5 heteroatoms. The number of nitrogens with zero attached hydrogens (tertiary/aromatic N) is 1. The molecule has 34 heavy (non-hydrogen) atoms. The van der Waals surface area contributed by atoms with Gasteiger partial charge in [0.25, 0.3) is 11.8 Å².